The van der Waals surface area contributed by atoms with Crippen LogP contribution in [0.15, 0.2) is 54.6 Å². The first-order chi connectivity index (χ1) is 15.1. The van der Waals surface area contributed by atoms with Crippen molar-refractivity contribution >= 4 is 11.8 Å². The van der Waals surface area contributed by atoms with E-state index in [2.05, 4.69) is 5.32 Å². The summed E-state index contributed by atoms with van der Waals surface area (Å²) in [4.78, 5) is 28.0. The van der Waals surface area contributed by atoms with E-state index < -0.39 is 6.04 Å². The summed E-state index contributed by atoms with van der Waals surface area (Å²) < 4.78 is 19.0. The third kappa shape index (κ3) is 6.89. The van der Waals surface area contributed by atoms with E-state index in [4.69, 9.17) is 4.74 Å². The zero-order valence-electron chi connectivity index (χ0n) is 18.1. The van der Waals surface area contributed by atoms with Gasteiger partial charge in [-0.2, -0.15) is 0 Å². The lowest BCUT2D eigenvalue weighted by molar-refractivity contribution is -0.141. The molecule has 3 rings (SSSR count). The lowest BCUT2D eigenvalue weighted by atomic mass is 10.0. The van der Waals surface area contributed by atoms with Crippen molar-refractivity contribution in [2.75, 3.05) is 13.2 Å². The van der Waals surface area contributed by atoms with Crippen molar-refractivity contribution in [2.45, 2.75) is 57.7 Å². The SMILES string of the molecule is CCCC(=O)N(Cc1ccc(F)cc1)[C@H](Cc1ccccc1)C(=O)NC[C@H]1CCCO1. The molecule has 1 N–H and O–H groups in total. The Hall–Kier alpha value is -2.73. The highest BCUT2D eigenvalue weighted by atomic mass is 19.1. The Kier molecular flexibility index (Phi) is 8.59. The molecule has 1 heterocycles. The fraction of sp³-hybridized carbons (Fsp3) is 0.440. The molecule has 0 unspecified atom stereocenters. The van der Waals surface area contributed by atoms with Gasteiger partial charge in [0.05, 0.1) is 6.10 Å². The predicted molar refractivity (Wildman–Crippen MR) is 118 cm³/mol. The monoisotopic (exact) mass is 426 g/mol. The molecule has 0 aliphatic carbocycles. The molecule has 31 heavy (non-hydrogen) atoms. The van der Waals surface area contributed by atoms with Crippen LogP contribution in [0.5, 0.6) is 0 Å². The number of carbonyl (C=O) groups is 2. The van der Waals surface area contributed by atoms with E-state index in [9.17, 15) is 14.0 Å². The normalized spacial score (nSPS) is 16.6. The summed E-state index contributed by atoms with van der Waals surface area (Å²) in [5.74, 6) is -0.601. The number of carbonyl (C=O) groups excluding carboxylic acids is 2. The Bertz CT molecular complexity index is 836. The summed E-state index contributed by atoms with van der Waals surface area (Å²) in [6.45, 7) is 3.36. The van der Waals surface area contributed by atoms with E-state index >= 15 is 0 Å². The van der Waals surface area contributed by atoms with Crippen LogP contribution in [0.25, 0.3) is 0 Å². The Morgan fingerprint density at radius 1 is 1.13 bits per heavy atom. The molecular weight excluding hydrogens is 395 g/mol. The Labute approximate surface area is 183 Å². The minimum atomic E-state index is -0.659. The van der Waals surface area contributed by atoms with Gasteiger partial charge in [-0.15, -0.1) is 0 Å². The number of rotatable bonds is 10. The summed E-state index contributed by atoms with van der Waals surface area (Å²) in [5.41, 5.74) is 1.77. The second kappa shape index (κ2) is 11.6. The number of ether oxygens (including phenoxy) is 1. The summed E-state index contributed by atoms with van der Waals surface area (Å²) >= 11 is 0. The van der Waals surface area contributed by atoms with Gasteiger partial charge < -0.3 is 15.0 Å². The Morgan fingerprint density at radius 3 is 2.52 bits per heavy atom. The summed E-state index contributed by atoms with van der Waals surface area (Å²) in [6, 6.07) is 15.1. The third-order valence-corrected chi connectivity index (χ3v) is 5.53. The molecule has 0 bridgehead atoms. The standard InChI is InChI=1S/C25H31FN2O3/c1-2-7-24(29)28(18-20-11-13-21(26)14-12-20)23(16-19-8-4-3-5-9-19)25(30)27-17-22-10-6-15-31-22/h3-5,8-9,11-14,22-23H,2,6-7,10,15-18H2,1H3,(H,27,30)/t22-,23-/m1/s1. The number of nitrogens with one attached hydrogen (secondary N) is 1. The van der Waals surface area contributed by atoms with Crippen molar-refractivity contribution in [3.63, 3.8) is 0 Å². The second-order valence-electron chi connectivity index (χ2n) is 7.98. The number of halogens is 1. The van der Waals surface area contributed by atoms with Gasteiger partial charge in [0.1, 0.15) is 11.9 Å². The van der Waals surface area contributed by atoms with Gasteiger partial charge in [0.25, 0.3) is 0 Å². The highest BCUT2D eigenvalue weighted by Gasteiger charge is 2.30. The summed E-state index contributed by atoms with van der Waals surface area (Å²) in [7, 11) is 0. The summed E-state index contributed by atoms with van der Waals surface area (Å²) in [5, 5.41) is 3.00. The molecule has 2 amide bonds. The number of benzene rings is 2. The summed E-state index contributed by atoms with van der Waals surface area (Å²) in [6.07, 6.45) is 3.41. The zero-order valence-corrected chi connectivity index (χ0v) is 18.1. The average Bonchev–Trinajstić information content (AvgIpc) is 3.30. The van der Waals surface area contributed by atoms with Crippen molar-refractivity contribution in [3.8, 4) is 0 Å². The van der Waals surface area contributed by atoms with E-state index in [1.165, 1.54) is 12.1 Å². The van der Waals surface area contributed by atoms with E-state index in [-0.39, 0.29) is 30.3 Å². The van der Waals surface area contributed by atoms with Crippen molar-refractivity contribution in [2.24, 2.45) is 0 Å². The van der Waals surface area contributed by atoms with Crippen LogP contribution >= 0.6 is 0 Å². The molecule has 5 nitrogen and oxygen atoms in total. The Morgan fingerprint density at radius 2 is 1.87 bits per heavy atom. The molecule has 1 aliphatic heterocycles. The van der Waals surface area contributed by atoms with Crippen LogP contribution in [0.1, 0.15) is 43.7 Å². The van der Waals surface area contributed by atoms with Crippen molar-refractivity contribution < 1.29 is 18.7 Å². The zero-order chi connectivity index (χ0) is 22.1. The number of hydrogen-bond acceptors (Lipinski definition) is 3. The molecule has 1 saturated heterocycles. The van der Waals surface area contributed by atoms with Crippen LogP contribution < -0.4 is 5.32 Å². The molecule has 0 spiro atoms. The minimum Gasteiger partial charge on any atom is -0.376 e. The van der Waals surface area contributed by atoms with Gasteiger partial charge >= 0.3 is 0 Å². The highest BCUT2D eigenvalue weighted by molar-refractivity contribution is 5.88. The van der Waals surface area contributed by atoms with Crippen LogP contribution in [0.4, 0.5) is 4.39 Å². The van der Waals surface area contributed by atoms with E-state index in [1.807, 2.05) is 37.3 Å². The molecule has 1 fully saturated rings. The van der Waals surface area contributed by atoms with Crippen molar-refractivity contribution in [1.29, 1.82) is 0 Å². The van der Waals surface area contributed by atoms with Gasteiger partial charge in [-0.1, -0.05) is 49.4 Å². The van der Waals surface area contributed by atoms with Crippen LogP contribution in [-0.2, 0) is 27.3 Å². The van der Waals surface area contributed by atoms with Gasteiger partial charge in [-0.25, -0.2) is 4.39 Å². The van der Waals surface area contributed by atoms with Crippen molar-refractivity contribution in [1.82, 2.24) is 10.2 Å². The molecule has 2 aromatic rings. The maximum Gasteiger partial charge on any atom is 0.243 e. The fourth-order valence-corrected chi connectivity index (χ4v) is 3.84. The molecule has 1 aliphatic rings. The molecule has 2 aromatic carbocycles. The molecule has 0 aromatic heterocycles. The van der Waals surface area contributed by atoms with Gasteiger partial charge in [-0.3, -0.25) is 9.59 Å². The van der Waals surface area contributed by atoms with Gasteiger partial charge in [0.15, 0.2) is 0 Å². The van der Waals surface area contributed by atoms with Crippen LogP contribution in [0.3, 0.4) is 0 Å². The van der Waals surface area contributed by atoms with E-state index in [1.54, 1.807) is 17.0 Å². The number of hydrogen-bond donors (Lipinski definition) is 1. The molecule has 0 radical (unpaired) electrons. The maximum absolute atomic E-state index is 13.4. The van der Waals surface area contributed by atoms with E-state index in [0.717, 1.165) is 30.6 Å². The maximum atomic E-state index is 13.4. The molecule has 2 atom stereocenters. The quantitative estimate of drug-likeness (QED) is 0.628. The van der Waals surface area contributed by atoms with E-state index in [0.29, 0.717) is 25.8 Å². The number of amides is 2. The largest absolute Gasteiger partial charge is 0.376 e. The van der Waals surface area contributed by atoms with Crippen LogP contribution in [0.2, 0.25) is 0 Å². The highest BCUT2D eigenvalue weighted by Crippen LogP contribution is 2.17. The third-order valence-electron chi connectivity index (χ3n) is 5.53. The van der Waals surface area contributed by atoms with Gasteiger partial charge in [0, 0.05) is 32.5 Å². The lowest BCUT2D eigenvalue weighted by Crippen LogP contribution is -2.51. The fourth-order valence-electron chi connectivity index (χ4n) is 3.84. The van der Waals surface area contributed by atoms with Crippen molar-refractivity contribution in [3.05, 3.63) is 71.5 Å². The Balaban J connectivity index is 1.83. The molecule has 6 heteroatoms. The van der Waals surface area contributed by atoms with Gasteiger partial charge in [-0.05, 0) is 42.5 Å². The average molecular weight is 427 g/mol. The first kappa shape index (κ1) is 22.9. The molecular formula is C25H31FN2O3. The number of nitrogens with zero attached hydrogens (tertiary/aromatic N) is 1. The van der Waals surface area contributed by atoms with Crippen LogP contribution in [-0.4, -0.2) is 42.0 Å². The first-order valence-corrected chi connectivity index (χ1v) is 11.0. The first-order valence-electron chi connectivity index (χ1n) is 11.0. The van der Waals surface area contributed by atoms with Crippen LogP contribution in [0, 0.1) is 5.82 Å². The molecule has 0 saturated carbocycles. The predicted octanol–water partition coefficient (Wildman–Crippen LogP) is 3.86. The smallest absolute Gasteiger partial charge is 0.243 e. The topological polar surface area (TPSA) is 58.6 Å². The molecule has 166 valence electrons. The van der Waals surface area contributed by atoms with Gasteiger partial charge in [0.2, 0.25) is 11.8 Å². The lowest BCUT2D eigenvalue weighted by Gasteiger charge is -2.32. The second-order valence-corrected chi connectivity index (χ2v) is 7.98. The minimum absolute atomic E-state index is 0.0261.